The van der Waals surface area contributed by atoms with Crippen molar-refractivity contribution in [2.24, 2.45) is 5.92 Å². The van der Waals surface area contributed by atoms with Crippen LogP contribution >= 0.6 is 23.2 Å². The van der Waals surface area contributed by atoms with Gasteiger partial charge in [-0.1, -0.05) is 42.1 Å². The summed E-state index contributed by atoms with van der Waals surface area (Å²) in [5.41, 5.74) is 0.815. The second-order valence-electron chi connectivity index (χ2n) is 8.17. The highest BCUT2D eigenvalue weighted by atomic mass is 35.5. The number of halogens is 2. The summed E-state index contributed by atoms with van der Waals surface area (Å²) in [4.78, 5) is 28.6. The van der Waals surface area contributed by atoms with Gasteiger partial charge in [-0.15, -0.1) is 0 Å². The highest BCUT2D eigenvalue weighted by molar-refractivity contribution is 6.42. The zero-order valence-electron chi connectivity index (χ0n) is 17.4. The number of nitrogens with zero attached hydrogens (tertiary/aromatic N) is 2. The van der Waals surface area contributed by atoms with Gasteiger partial charge in [-0.2, -0.15) is 0 Å². The quantitative estimate of drug-likeness (QED) is 0.474. The molecule has 1 N–H and O–H groups in total. The van der Waals surface area contributed by atoms with E-state index < -0.39 is 0 Å². The van der Waals surface area contributed by atoms with Crippen LogP contribution in [0.1, 0.15) is 44.1 Å². The summed E-state index contributed by atoms with van der Waals surface area (Å²) < 4.78 is 0. The first-order valence-corrected chi connectivity index (χ1v) is 11.7. The summed E-state index contributed by atoms with van der Waals surface area (Å²) in [7, 11) is 0. The van der Waals surface area contributed by atoms with Crippen molar-refractivity contribution in [2.75, 3.05) is 39.3 Å². The third-order valence-electron chi connectivity index (χ3n) is 5.95. The summed E-state index contributed by atoms with van der Waals surface area (Å²) in [5.74, 6) is 0.879. The van der Waals surface area contributed by atoms with Crippen LogP contribution in [0.25, 0.3) is 6.08 Å². The maximum atomic E-state index is 12.6. The lowest BCUT2D eigenvalue weighted by molar-refractivity contribution is -0.130. The average molecular weight is 452 g/mol. The lowest BCUT2D eigenvalue weighted by Gasteiger charge is -2.22. The Labute approximate surface area is 189 Å². The minimum atomic E-state index is -0.0889. The van der Waals surface area contributed by atoms with Crippen molar-refractivity contribution in [1.82, 2.24) is 15.1 Å². The van der Waals surface area contributed by atoms with Gasteiger partial charge in [0.1, 0.15) is 0 Å². The zero-order chi connectivity index (χ0) is 21.3. The fraction of sp³-hybridized carbons (Fsp3) is 0.565. The van der Waals surface area contributed by atoms with E-state index in [0.29, 0.717) is 36.1 Å². The lowest BCUT2D eigenvalue weighted by Crippen LogP contribution is -2.36. The van der Waals surface area contributed by atoms with Crippen LogP contribution in [-0.4, -0.2) is 60.9 Å². The van der Waals surface area contributed by atoms with Crippen LogP contribution in [0.4, 0.5) is 0 Å². The van der Waals surface area contributed by atoms with Crippen molar-refractivity contribution in [2.45, 2.75) is 38.5 Å². The standard InChI is InChI=1S/C23H31Cl2N3O2/c24-20-8-6-18(16-21(20)25)7-9-22(29)28-13-10-23(30)27(14-15-28)12-3-11-26-17-19-4-1-2-5-19/h6-9,16,19,26H,1-5,10-15,17H2. The van der Waals surface area contributed by atoms with E-state index in [2.05, 4.69) is 5.32 Å². The molecule has 164 valence electrons. The number of hydrogen-bond donors (Lipinski definition) is 1. The molecular weight excluding hydrogens is 421 g/mol. The molecule has 3 rings (SSSR count). The van der Waals surface area contributed by atoms with Crippen molar-refractivity contribution < 1.29 is 9.59 Å². The van der Waals surface area contributed by atoms with E-state index in [4.69, 9.17) is 23.2 Å². The Morgan fingerprint density at radius 2 is 1.93 bits per heavy atom. The summed E-state index contributed by atoms with van der Waals surface area (Å²) >= 11 is 11.9. The van der Waals surface area contributed by atoms with Crippen LogP contribution in [0.15, 0.2) is 24.3 Å². The van der Waals surface area contributed by atoms with Gasteiger partial charge in [0.05, 0.1) is 10.0 Å². The smallest absolute Gasteiger partial charge is 0.246 e. The van der Waals surface area contributed by atoms with Crippen LogP contribution in [0.5, 0.6) is 0 Å². The van der Waals surface area contributed by atoms with Crippen LogP contribution in [0, 0.1) is 5.92 Å². The topological polar surface area (TPSA) is 52.7 Å². The van der Waals surface area contributed by atoms with Gasteiger partial charge >= 0.3 is 0 Å². The van der Waals surface area contributed by atoms with Gasteiger partial charge in [-0.25, -0.2) is 0 Å². The minimum Gasteiger partial charge on any atom is -0.341 e. The Bertz CT molecular complexity index is 763. The van der Waals surface area contributed by atoms with E-state index in [1.165, 1.54) is 31.8 Å². The van der Waals surface area contributed by atoms with Gasteiger partial charge in [0, 0.05) is 38.7 Å². The molecule has 30 heavy (non-hydrogen) atoms. The number of nitrogens with one attached hydrogen (secondary N) is 1. The molecule has 1 saturated carbocycles. The maximum Gasteiger partial charge on any atom is 0.246 e. The Balaban J connectivity index is 1.41. The predicted octanol–water partition coefficient (Wildman–Crippen LogP) is 4.24. The van der Waals surface area contributed by atoms with Gasteiger partial charge in [0.25, 0.3) is 0 Å². The van der Waals surface area contributed by atoms with E-state index in [1.54, 1.807) is 23.1 Å². The van der Waals surface area contributed by atoms with Crippen molar-refractivity contribution in [3.63, 3.8) is 0 Å². The van der Waals surface area contributed by atoms with Gasteiger partial charge in [0.2, 0.25) is 11.8 Å². The Morgan fingerprint density at radius 1 is 1.13 bits per heavy atom. The molecule has 2 fully saturated rings. The van der Waals surface area contributed by atoms with E-state index in [-0.39, 0.29) is 11.8 Å². The van der Waals surface area contributed by atoms with E-state index >= 15 is 0 Å². The van der Waals surface area contributed by atoms with Crippen LogP contribution in [0.2, 0.25) is 10.0 Å². The van der Waals surface area contributed by atoms with Crippen LogP contribution < -0.4 is 5.32 Å². The molecule has 0 atom stereocenters. The summed E-state index contributed by atoms with van der Waals surface area (Å²) in [6, 6.07) is 5.24. The molecule has 2 aliphatic rings. The highest BCUT2D eigenvalue weighted by Gasteiger charge is 2.22. The fourth-order valence-corrected chi connectivity index (χ4v) is 4.43. The van der Waals surface area contributed by atoms with Gasteiger partial charge in [-0.3, -0.25) is 9.59 Å². The number of amides is 2. The molecule has 0 spiro atoms. The van der Waals surface area contributed by atoms with Crippen molar-refractivity contribution in [3.05, 3.63) is 39.9 Å². The molecule has 1 aliphatic carbocycles. The molecule has 7 heteroatoms. The number of benzene rings is 1. The second-order valence-corrected chi connectivity index (χ2v) is 8.99. The molecule has 2 amide bonds. The number of hydrogen-bond acceptors (Lipinski definition) is 3. The molecule has 1 aromatic rings. The molecular formula is C23H31Cl2N3O2. The first kappa shape index (κ1) is 23.1. The fourth-order valence-electron chi connectivity index (χ4n) is 4.13. The molecule has 5 nitrogen and oxygen atoms in total. The highest BCUT2D eigenvalue weighted by Crippen LogP contribution is 2.24. The predicted molar refractivity (Wildman–Crippen MR) is 123 cm³/mol. The summed E-state index contributed by atoms with van der Waals surface area (Å²) in [6.07, 6.45) is 10.0. The maximum absolute atomic E-state index is 12.6. The van der Waals surface area contributed by atoms with Crippen LogP contribution in [-0.2, 0) is 9.59 Å². The molecule has 0 radical (unpaired) electrons. The molecule has 1 aliphatic heterocycles. The molecule has 1 aromatic carbocycles. The van der Waals surface area contributed by atoms with E-state index in [1.807, 2.05) is 11.0 Å². The van der Waals surface area contributed by atoms with E-state index in [0.717, 1.165) is 37.5 Å². The SMILES string of the molecule is O=C(C=Cc1ccc(Cl)c(Cl)c1)N1CCC(=O)N(CCCNCC2CCCC2)CC1. The second kappa shape index (κ2) is 11.7. The first-order valence-electron chi connectivity index (χ1n) is 10.9. The zero-order valence-corrected chi connectivity index (χ0v) is 18.9. The van der Waals surface area contributed by atoms with Gasteiger partial charge in [0.15, 0.2) is 0 Å². The Kier molecular flexibility index (Phi) is 9.04. The van der Waals surface area contributed by atoms with Crippen molar-refractivity contribution >= 4 is 41.1 Å². The molecule has 0 aromatic heterocycles. The molecule has 1 saturated heterocycles. The average Bonchev–Trinajstić information content (AvgIpc) is 3.18. The third kappa shape index (κ3) is 7.00. The minimum absolute atomic E-state index is 0.0889. The van der Waals surface area contributed by atoms with Crippen molar-refractivity contribution in [3.8, 4) is 0 Å². The molecule has 0 unspecified atom stereocenters. The number of carbonyl (C=O) groups is 2. The summed E-state index contributed by atoms with van der Waals surface area (Å²) in [5, 5.41) is 4.48. The van der Waals surface area contributed by atoms with Crippen LogP contribution in [0.3, 0.4) is 0 Å². The summed E-state index contributed by atoms with van der Waals surface area (Å²) in [6.45, 7) is 4.40. The Hall–Kier alpha value is -1.56. The lowest BCUT2D eigenvalue weighted by atomic mass is 10.1. The third-order valence-corrected chi connectivity index (χ3v) is 6.69. The van der Waals surface area contributed by atoms with Gasteiger partial charge < -0.3 is 15.1 Å². The van der Waals surface area contributed by atoms with E-state index in [9.17, 15) is 9.59 Å². The Morgan fingerprint density at radius 3 is 2.70 bits per heavy atom. The first-order chi connectivity index (χ1) is 14.5. The van der Waals surface area contributed by atoms with Crippen molar-refractivity contribution in [1.29, 1.82) is 0 Å². The monoisotopic (exact) mass is 451 g/mol. The number of rotatable bonds is 8. The van der Waals surface area contributed by atoms with Gasteiger partial charge in [-0.05, 0) is 62.0 Å². The number of carbonyl (C=O) groups excluding carboxylic acids is 2. The molecule has 1 heterocycles. The largest absolute Gasteiger partial charge is 0.341 e. The normalized spacial score (nSPS) is 18.4. The molecule has 0 bridgehead atoms.